The van der Waals surface area contributed by atoms with Crippen LogP contribution in [0.5, 0.6) is 0 Å². The fourth-order valence-electron chi connectivity index (χ4n) is 1.23. The molecule has 1 aromatic rings. The summed E-state index contributed by atoms with van der Waals surface area (Å²) in [6.45, 7) is 1.90. The molecule has 0 spiro atoms. The van der Waals surface area contributed by atoms with Crippen LogP contribution in [0.15, 0.2) is 18.2 Å². The fourth-order valence-corrected chi connectivity index (χ4v) is 1.46. The second kappa shape index (κ2) is 6.10. The number of nitrogens with one attached hydrogen (secondary N) is 3. The zero-order valence-corrected chi connectivity index (χ0v) is 10.4. The molecular weight excluding hydrogens is 242 g/mol. The van der Waals surface area contributed by atoms with Crippen LogP contribution < -0.4 is 16.0 Å². The van der Waals surface area contributed by atoms with E-state index in [2.05, 4.69) is 16.0 Å². The van der Waals surface area contributed by atoms with E-state index in [0.29, 0.717) is 5.02 Å². The van der Waals surface area contributed by atoms with Gasteiger partial charge in [0.25, 0.3) is 0 Å². The fraction of sp³-hybridized carbons (Fsp3) is 0.273. The third kappa shape index (κ3) is 4.32. The molecule has 92 valence electrons. The van der Waals surface area contributed by atoms with E-state index < -0.39 is 11.9 Å². The molecule has 0 atom stereocenters. The SMILES string of the molecule is CNC(=O)NC(=O)CNc1ccc(Cl)cc1C. The second-order valence-electron chi connectivity index (χ2n) is 3.44. The Morgan fingerprint density at radius 3 is 2.65 bits per heavy atom. The van der Waals surface area contributed by atoms with Crippen molar-refractivity contribution in [2.45, 2.75) is 6.92 Å². The topological polar surface area (TPSA) is 70.2 Å². The maximum Gasteiger partial charge on any atom is 0.321 e. The van der Waals surface area contributed by atoms with Gasteiger partial charge < -0.3 is 10.6 Å². The molecule has 6 heteroatoms. The summed E-state index contributed by atoms with van der Waals surface area (Å²) < 4.78 is 0. The van der Waals surface area contributed by atoms with Gasteiger partial charge in [-0.1, -0.05) is 11.6 Å². The highest BCUT2D eigenvalue weighted by atomic mass is 35.5. The molecule has 3 N–H and O–H groups in total. The van der Waals surface area contributed by atoms with Gasteiger partial charge in [-0.3, -0.25) is 10.1 Å². The number of imide groups is 1. The maximum atomic E-state index is 11.3. The van der Waals surface area contributed by atoms with Gasteiger partial charge >= 0.3 is 6.03 Å². The van der Waals surface area contributed by atoms with Gasteiger partial charge in [0.15, 0.2) is 0 Å². The molecule has 0 aliphatic carbocycles. The van der Waals surface area contributed by atoms with E-state index in [-0.39, 0.29) is 6.54 Å². The van der Waals surface area contributed by atoms with Crippen molar-refractivity contribution in [2.75, 3.05) is 18.9 Å². The van der Waals surface area contributed by atoms with Gasteiger partial charge in [0.2, 0.25) is 5.91 Å². The Hall–Kier alpha value is -1.75. The van der Waals surface area contributed by atoms with Gasteiger partial charge in [0.05, 0.1) is 6.54 Å². The summed E-state index contributed by atoms with van der Waals surface area (Å²) in [6.07, 6.45) is 0. The largest absolute Gasteiger partial charge is 0.376 e. The quantitative estimate of drug-likeness (QED) is 0.767. The third-order valence-corrected chi connectivity index (χ3v) is 2.34. The number of hydrogen-bond donors (Lipinski definition) is 3. The first-order valence-corrected chi connectivity index (χ1v) is 5.42. The Kier molecular flexibility index (Phi) is 4.78. The Balaban J connectivity index is 2.50. The minimum atomic E-state index is -0.523. The molecule has 0 radical (unpaired) electrons. The van der Waals surface area contributed by atoms with Crippen molar-refractivity contribution in [2.24, 2.45) is 0 Å². The normalized spacial score (nSPS) is 9.59. The van der Waals surface area contributed by atoms with Crippen LogP contribution in [0.4, 0.5) is 10.5 Å². The first-order chi connectivity index (χ1) is 8.02. The predicted octanol–water partition coefficient (Wildman–Crippen LogP) is 1.52. The number of anilines is 1. The summed E-state index contributed by atoms with van der Waals surface area (Å²) in [4.78, 5) is 22.2. The molecule has 0 heterocycles. The van der Waals surface area contributed by atoms with Gasteiger partial charge in [0, 0.05) is 17.8 Å². The Labute approximate surface area is 105 Å². The molecule has 3 amide bonds. The summed E-state index contributed by atoms with van der Waals surface area (Å²) in [5.41, 5.74) is 1.74. The number of urea groups is 1. The monoisotopic (exact) mass is 255 g/mol. The van der Waals surface area contributed by atoms with Crippen LogP contribution in [0, 0.1) is 6.92 Å². The summed E-state index contributed by atoms with van der Waals surface area (Å²) in [7, 11) is 1.44. The number of carbonyl (C=O) groups is 2. The van der Waals surface area contributed by atoms with Crippen molar-refractivity contribution < 1.29 is 9.59 Å². The number of halogens is 1. The minimum absolute atomic E-state index is 0.0237. The molecule has 17 heavy (non-hydrogen) atoms. The minimum Gasteiger partial charge on any atom is -0.376 e. The van der Waals surface area contributed by atoms with E-state index in [9.17, 15) is 9.59 Å². The van der Waals surface area contributed by atoms with E-state index in [1.54, 1.807) is 18.2 Å². The van der Waals surface area contributed by atoms with Crippen molar-refractivity contribution in [3.05, 3.63) is 28.8 Å². The van der Waals surface area contributed by atoms with E-state index in [4.69, 9.17) is 11.6 Å². The lowest BCUT2D eigenvalue weighted by molar-refractivity contribution is -0.118. The van der Waals surface area contributed by atoms with Crippen LogP contribution in [0.2, 0.25) is 5.02 Å². The molecule has 0 saturated carbocycles. The highest BCUT2D eigenvalue weighted by Gasteiger charge is 2.06. The summed E-state index contributed by atoms with van der Waals surface area (Å²) in [5.74, 6) is -0.404. The average Bonchev–Trinajstić information content (AvgIpc) is 2.27. The lowest BCUT2D eigenvalue weighted by Gasteiger charge is -2.09. The van der Waals surface area contributed by atoms with Crippen LogP contribution in [0.1, 0.15) is 5.56 Å². The van der Waals surface area contributed by atoms with E-state index in [0.717, 1.165) is 11.3 Å². The van der Waals surface area contributed by atoms with Crippen molar-refractivity contribution in [1.29, 1.82) is 0 Å². The standard InChI is InChI=1S/C11H14ClN3O2/c1-7-5-8(12)3-4-9(7)14-6-10(16)15-11(17)13-2/h3-5,14H,6H2,1-2H3,(H2,13,15,16,17). The number of hydrogen-bond acceptors (Lipinski definition) is 3. The first kappa shape index (κ1) is 13.3. The lowest BCUT2D eigenvalue weighted by atomic mass is 10.2. The van der Waals surface area contributed by atoms with Crippen LogP contribution in [0.3, 0.4) is 0 Å². The number of aryl methyl sites for hydroxylation is 1. The van der Waals surface area contributed by atoms with E-state index in [1.165, 1.54) is 7.05 Å². The smallest absolute Gasteiger partial charge is 0.321 e. The summed E-state index contributed by atoms with van der Waals surface area (Å²) in [6, 6.07) is 4.78. The highest BCUT2D eigenvalue weighted by molar-refractivity contribution is 6.30. The van der Waals surface area contributed by atoms with Gasteiger partial charge in [-0.05, 0) is 30.7 Å². The number of rotatable bonds is 3. The highest BCUT2D eigenvalue weighted by Crippen LogP contribution is 2.19. The molecule has 5 nitrogen and oxygen atoms in total. The summed E-state index contributed by atoms with van der Waals surface area (Å²) >= 11 is 5.81. The second-order valence-corrected chi connectivity index (χ2v) is 3.88. The summed E-state index contributed by atoms with van der Waals surface area (Å²) in [5, 5.41) is 8.01. The van der Waals surface area contributed by atoms with Crippen LogP contribution in [-0.4, -0.2) is 25.5 Å². The number of amides is 3. The lowest BCUT2D eigenvalue weighted by Crippen LogP contribution is -2.40. The molecule has 0 saturated heterocycles. The Morgan fingerprint density at radius 1 is 1.35 bits per heavy atom. The van der Waals surface area contributed by atoms with Gasteiger partial charge in [-0.25, -0.2) is 4.79 Å². The van der Waals surface area contributed by atoms with Crippen LogP contribution in [0.25, 0.3) is 0 Å². The van der Waals surface area contributed by atoms with E-state index in [1.807, 2.05) is 6.92 Å². The molecule has 0 fully saturated rings. The third-order valence-electron chi connectivity index (χ3n) is 2.11. The predicted molar refractivity (Wildman–Crippen MR) is 67.3 cm³/mol. The molecule has 0 aliphatic rings. The van der Waals surface area contributed by atoms with Gasteiger partial charge in [-0.15, -0.1) is 0 Å². The first-order valence-electron chi connectivity index (χ1n) is 5.04. The molecule has 0 unspecified atom stereocenters. The van der Waals surface area contributed by atoms with E-state index >= 15 is 0 Å². The number of carbonyl (C=O) groups excluding carboxylic acids is 2. The van der Waals surface area contributed by atoms with Crippen molar-refractivity contribution in [3.8, 4) is 0 Å². The molecule has 0 bridgehead atoms. The average molecular weight is 256 g/mol. The molecular formula is C11H14ClN3O2. The zero-order valence-electron chi connectivity index (χ0n) is 9.63. The molecule has 0 aliphatic heterocycles. The zero-order chi connectivity index (χ0) is 12.8. The van der Waals surface area contributed by atoms with Crippen LogP contribution in [-0.2, 0) is 4.79 Å². The molecule has 1 aromatic carbocycles. The Bertz CT molecular complexity index is 435. The molecule has 1 rings (SSSR count). The van der Waals surface area contributed by atoms with Crippen molar-refractivity contribution >= 4 is 29.2 Å². The van der Waals surface area contributed by atoms with Crippen molar-refractivity contribution in [1.82, 2.24) is 10.6 Å². The van der Waals surface area contributed by atoms with Gasteiger partial charge in [0.1, 0.15) is 0 Å². The Morgan fingerprint density at radius 2 is 2.06 bits per heavy atom. The molecule has 0 aromatic heterocycles. The maximum absolute atomic E-state index is 11.3. The van der Waals surface area contributed by atoms with Crippen LogP contribution >= 0.6 is 11.6 Å². The number of benzene rings is 1. The van der Waals surface area contributed by atoms with Gasteiger partial charge in [-0.2, -0.15) is 0 Å². The van der Waals surface area contributed by atoms with Crippen molar-refractivity contribution in [3.63, 3.8) is 0 Å².